The fraction of sp³-hybridized carbons (Fsp3) is 0.350. The van der Waals surface area contributed by atoms with Gasteiger partial charge in [-0.1, -0.05) is 6.07 Å². The van der Waals surface area contributed by atoms with Gasteiger partial charge < -0.3 is 15.4 Å². The molecule has 1 atom stereocenters. The van der Waals surface area contributed by atoms with E-state index in [1.165, 1.54) is 13.0 Å². The van der Waals surface area contributed by atoms with Gasteiger partial charge in [-0.2, -0.15) is 4.31 Å². The van der Waals surface area contributed by atoms with E-state index in [1.807, 2.05) is 0 Å². The molecule has 3 rings (SSSR count). The molecule has 0 aliphatic carbocycles. The summed E-state index contributed by atoms with van der Waals surface area (Å²) in [5.41, 5.74) is 0.855. The third-order valence-corrected chi connectivity index (χ3v) is 6.73. The summed E-state index contributed by atoms with van der Waals surface area (Å²) < 4.78 is 46.2. The number of sulfonamides is 1. The molecule has 0 bridgehead atoms. The molecule has 0 radical (unpaired) electrons. The van der Waals surface area contributed by atoms with E-state index < -0.39 is 33.9 Å². The molecule has 166 valence electrons. The van der Waals surface area contributed by atoms with Crippen LogP contribution in [0.25, 0.3) is 0 Å². The molecule has 2 heterocycles. The van der Waals surface area contributed by atoms with Crippen LogP contribution >= 0.6 is 0 Å². The van der Waals surface area contributed by atoms with Crippen LogP contribution in [0.3, 0.4) is 0 Å². The summed E-state index contributed by atoms with van der Waals surface area (Å²) in [6, 6.07) is 8.61. The van der Waals surface area contributed by atoms with Gasteiger partial charge in [0.15, 0.2) is 0 Å². The van der Waals surface area contributed by atoms with E-state index in [9.17, 15) is 22.4 Å². The Balaban J connectivity index is 1.62. The molecule has 0 saturated carbocycles. The lowest BCUT2D eigenvalue weighted by atomic mass is 10.2. The van der Waals surface area contributed by atoms with Crippen LogP contribution < -0.4 is 10.6 Å². The molecule has 1 aliphatic rings. The number of pyridine rings is 1. The van der Waals surface area contributed by atoms with Crippen molar-refractivity contribution in [1.82, 2.24) is 19.9 Å². The van der Waals surface area contributed by atoms with Crippen molar-refractivity contribution >= 4 is 21.8 Å². The minimum absolute atomic E-state index is 0.0381. The third-order valence-electron chi connectivity index (χ3n) is 4.68. The standard InChI is InChI=1S/C20H23FN4O5S/c1-14-11-15(21)6-7-17(14)31(28,29)25-9-4-10-30-18(25)13-24-20(27)19(26)23-12-16-5-2-3-8-22-16/h2-3,5-8,11,18H,4,9-10,12-13H2,1H3,(H,23,26)(H,24,27)/t18-/m0/s1. The minimum Gasteiger partial charge on any atom is -0.360 e. The number of benzene rings is 1. The highest BCUT2D eigenvalue weighted by Gasteiger charge is 2.35. The number of carbonyl (C=O) groups excluding carboxylic acids is 2. The number of amides is 2. The molecule has 31 heavy (non-hydrogen) atoms. The van der Waals surface area contributed by atoms with Crippen molar-refractivity contribution in [3.05, 3.63) is 59.7 Å². The molecule has 1 aliphatic heterocycles. The average Bonchev–Trinajstić information content (AvgIpc) is 2.76. The number of rotatable bonds is 6. The first-order valence-corrected chi connectivity index (χ1v) is 11.1. The molecule has 2 amide bonds. The summed E-state index contributed by atoms with van der Waals surface area (Å²) in [6.45, 7) is 1.85. The van der Waals surface area contributed by atoms with Gasteiger partial charge in [0.25, 0.3) is 0 Å². The average molecular weight is 450 g/mol. The van der Waals surface area contributed by atoms with E-state index in [0.717, 1.165) is 16.4 Å². The van der Waals surface area contributed by atoms with Gasteiger partial charge in [-0.05, 0) is 49.2 Å². The highest BCUT2D eigenvalue weighted by molar-refractivity contribution is 7.89. The van der Waals surface area contributed by atoms with Gasteiger partial charge in [0.05, 0.1) is 30.3 Å². The molecule has 1 aromatic heterocycles. The van der Waals surface area contributed by atoms with Gasteiger partial charge in [-0.25, -0.2) is 12.8 Å². The predicted octanol–water partition coefficient (Wildman–Crippen LogP) is 0.699. The topological polar surface area (TPSA) is 118 Å². The second-order valence-corrected chi connectivity index (χ2v) is 8.78. The number of ether oxygens (including phenoxy) is 1. The number of carbonyl (C=O) groups is 2. The Kier molecular flexibility index (Phi) is 7.31. The minimum atomic E-state index is -3.99. The molecule has 2 aromatic rings. The Hall–Kier alpha value is -2.89. The van der Waals surface area contributed by atoms with Crippen LogP contribution in [0.5, 0.6) is 0 Å². The fourth-order valence-electron chi connectivity index (χ4n) is 3.15. The highest BCUT2D eigenvalue weighted by Crippen LogP contribution is 2.25. The number of aryl methyl sites for hydroxylation is 1. The number of nitrogens with one attached hydrogen (secondary N) is 2. The maximum absolute atomic E-state index is 13.4. The SMILES string of the molecule is Cc1cc(F)ccc1S(=O)(=O)N1CCCO[C@H]1CNC(=O)C(=O)NCc1ccccn1. The van der Waals surface area contributed by atoms with E-state index in [4.69, 9.17) is 4.74 Å². The number of halogens is 1. The van der Waals surface area contributed by atoms with Crippen molar-refractivity contribution in [2.75, 3.05) is 19.7 Å². The highest BCUT2D eigenvalue weighted by atomic mass is 32.2. The van der Waals surface area contributed by atoms with Crippen molar-refractivity contribution < 1.29 is 27.1 Å². The summed E-state index contributed by atoms with van der Waals surface area (Å²) in [4.78, 5) is 28.1. The van der Waals surface area contributed by atoms with Crippen LogP contribution in [0.4, 0.5) is 4.39 Å². The molecule has 0 unspecified atom stereocenters. The lowest BCUT2D eigenvalue weighted by Gasteiger charge is -2.34. The molecule has 11 heteroatoms. The van der Waals surface area contributed by atoms with E-state index in [2.05, 4.69) is 15.6 Å². The number of hydrogen-bond acceptors (Lipinski definition) is 6. The summed E-state index contributed by atoms with van der Waals surface area (Å²) in [5.74, 6) is -2.32. The number of aromatic nitrogens is 1. The van der Waals surface area contributed by atoms with E-state index >= 15 is 0 Å². The van der Waals surface area contributed by atoms with Gasteiger partial charge in [0, 0.05) is 12.7 Å². The fourth-order valence-corrected chi connectivity index (χ4v) is 4.92. The van der Waals surface area contributed by atoms with Crippen LogP contribution in [-0.2, 0) is 30.9 Å². The Morgan fingerprint density at radius 1 is 1.23 bits per heavy atom. The van der Waals surface area contributed by atoms with Crippen LogP contribution in [0.15, 0.2) is 47.5 Å². The first-order chi connectivity index (χ1) is 14.8. The maximum Gasteiger partial charge on any atom is 0.309 e. The van der Waals surface area contributed by atoms with Crippen LogP contribution in [0, 0.1) is 12.7 Å². The molecule has 1 saturated heterocycles. The van der Waals surface area contributed by atoms with Crippen molar-refractivity contribution in [3.63, 3.8) is 0 Å². The van der Waals surface area contributed by atoms with Gasteiger partial charge in [-0.15, -0.1) is 0 Å². The molecule has 1 aromatic carbocycles. The summed E-state index contributed by atoms with van der Waals surface area (Å²) in [5, 5.41) is 4.85. The molecular formula is C20H23FN4O5S. The second kappa shape index (κ2) is 9.94. The zero-order valence-corrected chi connectivity index (χ0v) is 17.7. The Labute approximate surface area is 179 Å². The quantitative estimate of drug-likeness (QED) is 0.626. The van der Waals surface area contributed by atoms with Gasteiger partial charge in [-0.3, -0.25) is 14.6 Å². The van der Waals surface area contributed by atoms with Gasteiger partial charge in [0.1, 0.15) is 12.0 Å². The van der Waals surface area contributed by atoms with E-state index in [1.54, 1.807) is 24.4 Å². The van der Waals surface area contributed by atoms with Crippen LogP contribution in [0.2, 0.25) is 0 Å². The largest absolute Gasteiger partial charge is 0.360 e. The lowest BCUT2D eigenvalue weighted by molar-refractivity contribution is -0.140. The molecular weight excluding hydrogens is 427 g/mol. The Morgan fingerprint density at radius 3 is 2.71 bits per heavy atom. The second-order valence-electron chi connectivity index (χ2n) is 6.92. The normalized spacial score (nSPS) is 17.2. The van der Waals surface area contributed by atoms with Gasteiger partial charge in [0.2, 0.25) is 10.0 Å². The molecule has 2 N–H and O–H groups in total. The van der Waals surface area contributed by atoms with Crippen molar-refractivity contribution in [3.8, 4) is 0 Å². The van der Waals surface area contributed by atoms with Crippen molar-refractivity contribution in [1.29, 1.82) is 0 Å². The van der Waals surface area contributed by atoms with Crippen molar-refractivity contribution in [2.24, 2.45) is 0 Å². The Morgan fingerprint density at radius 2 is 2.00 bits per heavy atom. The maximum atomic E-state index is 13.4. The van der Waals surface area contributed by atoms with Crippen LogP contribution in [0.1, 0.15) is 17.7 Å². The molecule has 1 fully saturated rings. The summed E-state index contributed by atoms with van der Waals surface area (Å²) in [7, 11) is -3.99. The number of hydrogen-bond donors (Lipinski definition) is 2. The zero-order chi connectivity index (χ0) is 22.4. The van der Waals surface area contributed by atoms with E-state index in [-0.39, 0.29) is 30.1 Å². The first-order valence-electron chi connectivity index (χ1n) is 9.64. The predicted molar refractivity (Wildman–Crippen MR) is 108 cm³/mol. The number of nitrogens with zero attached hydrogens (tertiary/aromatic N) is 2. The van der Waals surface area contributed by atoms with E-state index in [0.29, 0.717) is 18.7 Å². The summed E-state index contributed by atoms with van der Waals surface area (Å²) in [6.07, 6.45) is 1.05. The first kappa shape index (κ1) is 22.8. The van der Waals surface area contributed by atoms with Crippen molar-refractivity contribution in [2.45, 2.75) is 31.0 Å². The van der Waals surface area contributed by atoms with Gasteiger partial charge >= 0.3 is 11.8 Å². The third kappa shape index (κ3) is 5.63. The lowest BCUT2D eigenvalue weighted by Crippen LogP contribution is -2.53. The van der Waals surface area contributed by atoms with Crippen LogP contribution in [-0.4, -0.2) is 55.4 Å². The summed E-state index contributed by atoms with van der Waals surface area (Å²) >= 11 is 0. The molecule has 9 nitrogen and oxygen atoms in total. The molecule has 0 spiro atoms. The zero-order valence-electron chi connectivity index (χ0n) is 16.9. The monoisotopic (exact) mass is 450 g/mol. The Bertz CT molecular complexity index is 1050. The smallest absolute Gasteiger partial charge is 0.309 e.